The van der Waals surface area contributed by atoms with E-state index in [0.29, 0.717) is 25.9 Å². The second-order valence-corrected chi connectivity index (χ2v) is 5.14. The number of nitrogens with one attached hydrogen (secondary N) is 1. The molecule has 1 rings (SSSR count). The number of piperidine rings is 1. The van der Waals surface area contributed by atoms with E-state index in [1.807, 2.05) is 4.90 Å². The number of halogens is 3. The number of hydrogen-bond donors (Lipinski definition) is 3. The van der Waals surface area contributed by atoms with Crippen molar-refractivity contribution in [3.05, 3.63) is 0 Å². The van der Waals surface area contributed by atoms with Gasteiger partial charge in [0.25, 0.3) is 0 Å². The van der Waals surface area contributed by atoms with Crippen molar-refractivity contribution in [2.75, 3.05) is 39.4 Å². The fourth-order valence-electron chi connectivity index (χ4n) is 2.62. The second kappa shape index (κ2) is 8.04. The number of rotatable bonds is 7. The van der Waals surface area contributed by atoms with Crippen molar-refractivity contribution in [3.8, 4) is 0 Å². The number of likely N-dealkylation sites (tertiary alicyclic amines) is 1. The van der Waals surface area contributed by atoms with Crippen molar-refractivity contribution >= 4 is 0 Å². The summed E-state index contributed by atoms with van der Waals surface area (Å²) in [5.41, 5.74) is 0. The minimum atomic E-state index is -4.19. The van der Waals surface area contributed by atoms with Crippen molar-refractivity contribution in [2.45, 2.75) is 31.5 Å². The molecular formula is C12H23F3N2O2. The standard InChI is InChI=1S/C12H23F3N2O2/c13-12(14,15)9-16-11-6-10(2-1-4-18)7-17(8-11)3-5-19/h10-11,16,18-19H,1-9H2. The maximum absolute atomic E-state index is 12.2. The zero-order valence-electron chi connectivity index (χ0n) is 11.0. The predicted octanol–water partition coefficient (Wildman–Crippen LogP) is 0.594. The van der Waals surface area contributed by atoms with Crippen molar-refractivity contribution in [2.24, 2.45) is 5.92 Å². The van der Waals surface area contributed by atoms with E-state index >= 15 is 0 Å². The number of aliphatic hydroxyl groups excluding tert-OH is 2. The van der Waals surface area contributed by atoms with Gasteiger partial charge in [-0.1, -0.05) is 0 Å². The monoisotopic (exact) mass is 284 g/mol. The Labute approximate surface area is 111 Å². The Morgan fingerprint density at radius 2 is 1.89 bits per heavy atom. The van der Waals surface area contributed by atoms with Crippen LogP contribution in [0, 0.1) is 5.92 Å². The van der Waals surface area contributed by atoms with E-state index < -0.39 is 12.7 Å². The van der Waals surface area contributed by atoms with Gasteiger partial charge in [-0.05, 0) is 25.2 Å². The molecule has 0 spiro atoms. The molecule has 1 fully saturated rings. The van der Waals surface area contributed by atoms with E-state index in [4.69, 9.17) is 10.2 Å². The number of β-amino-alcohol motifs (C(OH)–C–C–N with tert-alkyl or cyclic N) is 1. The van der Waals surface area contributed by atoms with Gasteiger partial charge in [0.05, 0.1) is 13.2 Å². The molecular weight excluding hydrogens is 261 g/mol. The molecule has 1 saturated heterocycles. The Balaban J connectivity index is 2.44. The molecule has 2 atom stereocenters. The molecule has 0 aromatic rings. The summed E-state index contributed by atoms with van der Waals surface area (Å²) in [4.78, 5) is 1.99. The van der Waals surface area contributed by atoms with E-state index in [1.165, 1.54) is 0 Å². The van der Waals surface area contributed by atoms with Crippen molar-refractivity contribution in [3.63, 3.8) is 0 Å². The Bertz CT molecular complexity index is 252. The topological polar surface area (TPSA) is 55.7 Å². The van der Waals surface area contributed by atoms with E-state index in [1.54, 1.807) is 0 Å². The second-order valence-electron chi connectivity index (χ2n) is 5.14. The van der Waals surface area contributed by atoms with E-state index in [2.05, 4.69) is 5.32 Å². The smallest absolute Gasteiger partial charge is 0.396 e. The first-order valence-electron chi connectivity index (χ1n) is 6.69. The summed E-state index contributed by atoms with van der Waals surface area (Å²) in [5, 5.41) is 20.3. The quantitative estimate of drug-likeness (QED) is 0.640. The van der Waals surface area contributed by atoms with Gasteiger partial charge in [0, 0.05) is 32.3 Å². The number of hydrogen-bond acceptors (Lipinski definition) is 4. The lowest BCUT2D eigenvalue weighted by molar-refractivity contribution is -0.127. The van der Waals surface area contributed by atoms with E-state index in [0.717, 1.165) is 13.0 Å². The van der Waals surface area contributed by atoms with Gasteiger partial charge in [-0.15, -0.1) is 0 Å². The van der Waals surface area contributed by atoms with Crippen LogP contribution in [0.4, 0.5) is 13.2 Å². The van der Waals surface area contributed by atoms with Crippen LogP contribution in [0.3, 0.4) is 0 Å². The number of nitrogens with zero attached hydrogens (tertiary/aromatic N) is 1. The molecule has 0 radical (unpaired) electrons. The fraction of sp³-hybridized carbons (Fsp3) is 1.00. The number of alkyl halides is 3. The van der Waals surface area contributed by atoms with Gasteiger partial charge in [-0.25, -0.2) is 0 Å². The van der Waals surface area contributed by atoms with Gasteiger partial charge in [-0.2, -0.15) is 13.2 Å². The Hall–Kier alpha value is -0.370. The molecule has 0 aromatic carbocycles. The molecule has 0 bridgehead atoms. The maximum Gasteiger partial charge on any atom is 0.401 e. The summed E-state index contributed by atoms with van der Waals surface area (Å²) in [6, 6.07) is -0.203. The molecule has 3 N–H and O–H groups in total. The van der Waals surface area contributed by atoms with Crippen molar-refractivity contribution in [1.82, 2.24) is 10.2 Å². The summed E-state index contributed by atoms with van der Waals surface area (Å²) in [5.74, 6) is 0.276. The SMILES string of the molecule is OCCCC1CC(NCC(F)(F)F)CN(CCO)C1. The summed E-state index contributed by atoms with van der Waals surface area (Å²) in [7, 11) is 0. The van der Waals surface area contributed by atoms with E-state index in [-0.39, 0.29) is 25.2 Å². The first-order valence-corrected chi connectivity index (χ1v) is 6.69. The first kappa shape index (κ1) is 16.7. The largest absolute Gasteiger partial charge is 0.401 e. The third-order valence-corrected chi connectivity index (χ3v) is 3.39. The third-order valence-electron chi connectivity index (χ3n) is 3.39. The molecule has 0 aliphatic carbocycles. The van der Waals surface area contributed by atoms with Crippen molar-refractivity contribution in [1.29, 1.82) is 0 Å². The highest BCUT2D eigenvalue weighted by atomic mass is 19.4. The lowest BCUT2D eigenvalue weighted by Crippen LogP contribution is -2.51. The summed E-state index contributed by atoms with van der Waals surface area (Å²) in [6.07, 6.45) is -2.02. The van der Waals surface area contributed by atoms with Gasteiger partial charge in [0.2, 0.25) is 0 Å². The highest BCUT2D eigenvalue weighted by Gasteiger charge is 2.31. The van der Waals surface area contributed by atoms with Crippen LogP contribution in [0.25, 0.3) is 0 Å². The van der Waals surface area contributed by atoms with Crippen LogP contribution in [0.2, 0.25) is 0 Å². The fourth-order valence-corrected chi connectivity index (χ4v) is 2.62. The molecule has 0 saturated carbocycles. The Morgan fingerprint density at radius 3 is 2.47 bits per heavy atom. The van der Waals surface area contributed by atoms with Crippen molar-refractivity contribution < 1.29 is 23.4 Å². The lowest BCUT2D eigenvalue weighted by atomic mass is 9.90. The van der Waals surface area contributed by atoms with Gasteiger partial charge < -0.3 is 15.5 Å². The summed E-state index contributed by atoms with van der Waals surface area (Å²) >= 11 is 0. The van der Waals surface area contributed by atoms with E-state index in [9.17, 15) is 13.2 Å². The highest BCUT2D eigenvalue weighted by Crippen LogP contribution is 2.22. The lowest BCUT2D eigenvalue weighted by Gasteiger charge is -2.38. The molecule has 1 aliphatic rings. The minimum absolute atomic E-state index is 0.0126. The molecule has 1 aliphatic heterocycles. The summed E-state index contributed by atoms with van der Waals surface area (Å²) in [6.45, 7) is 0.948. The molecule has 4 nitrogen and oxygen atoms in total. The Kier molecular flexibility index (Phi) is 7.06. The molecule has 0 aromatic heterocycles. The zero-order valence-corrected chi connectivity index (χ0v) is 11.0. The van der Waals surface area contributed by atoms with Crippen LogP contribution in [-0.4, -0.2) is 66.7 Å². The molecule has 2 unspecified atom stereocenters. The Morgan fingerprint density at radius 1 is 1.16 bits per heavy atom. The van der Waals surface area contributed by atoms with Gasteiger partial charge in [0.1, 0.15) is 0 Å². The third kappa shape index (κ3) is 7.10. The zero-order chi connectivity index (χ0) is 14.3. The van der Waals surface area contributed by atoms with Gasteiger partial charge in [-0.3, -0.25) is 4.90 Å². The van der Waals surface area contributed by atoms with Crippen LogP contribution in [-0.2, 0) is 0 Å². The van der Waals surface area contributed by atoms with Crippen LogP contribution < -0.4 is 5.32 Å². The average Bonchev–Trinajstić information content (AvgIpc) is 2.33. The van der Waals surface area contributed by atoms with Crippen LogP contribution in [0.15, 0.2) is 0 Å². The molecule has 7 heteroatoms. The van der Waals surface area contributed by atoms with Crippen LogP contribution >= 0.6 is 0 Å². The van der Waals surface area contributed by atoms with Gasteiger partial charge in [0.15, 0.2) is 0 Å². The number of aliphatic hydroxyl groups is 2. The molecule has 1 heterocycles. The van der Waals surface area contributed by atoms with Gasteiger partial charge >= 0.3 is 6.18 Å². The normalized spacial score (nSPS) is 25.7. The van der Waals surface area contributed by atoms with Crippen LogP contribution in [0.5, 0.6) is 0 Å². The van der Waals surface area contributed by atoms with Crippen LogP contribution in [0.1, 0.15) is 19.3 Å². The molecule has 19 heavy (non-hydrogen) atoms. The molecule has 0 amide bonds. The summed E-state index contributed by atoms with van der Waals surface area (Å²) < 4.78 is 36.6. The highest BCUT2D eigenvalue weighted by molar-refractivity contribution is 4.84. The minimum Gasteiger partial charge on any atom is -0.396 e. The predicted molar refractivity (Wildman–Crippen MR) is 65.8 cm³/mol. The first-order chi connectivity index (χ1) is 8.94. The maximum atomic E-state index is 12.2. The molecule has 114 valence electrons. The average molecular weight is 284 g/mol.